The summed E-state index contributed by atoms with van der Waals surface area (Å²) in [4.78, 5) is 16.9. The summed E-state index contributed by atoms with van der Waals surface area (Å²) in [6, 6.07) is 13.9. The molecule has 0 aliphatic carbocycles. The fraction of sp³-hybridized carbons (Fsp3) is 0.158. The van der Waals surface area contributed by atoms with E-state index in [9.17, 15) is 4.79 Å². The minimum Gasteiger partial charge on any atom is -0.488 e. The van der Waals surface area contributed by atoms with Crippen LogP contribution in [-0.2, 0) is 6.42 Å². The third kappa shape index (κ3) is 3.03. The van der Waals surface area contributed by atoms with Crippen molar-refractivity contribution in [3.63, 3.8) is 0 Å². The summed E-state index contributed by atoms with van der Waals surface area (Å²) < 4.78 is 5.94. The van der Waals surface area contributed by atoms with Crippen LogP contribution in [0.2, 0.25) is 0 Å². The molecule has 0 saturated heterocycles. The Kier molecular flexibility index (Phi) is 4.01. The number of hydrogen-bond donors (Lipinski definition) is 1. The summed E-state index contributed by atoms with van der Waals surface area (Å²) in [6.45, 7) is 0.508. The molecule has 3 aromatic rings. The molecule has 4 nitrogen and oxygen atoms in total. The molecule has 1 aromatic carbocycles. The van der Waals surface area contributed by atoms with Gasteiger partial charge in [-0.25, -0.2) is 0 Å². The maximum atomic E-state index is 12.0. The minimum absolute atomic E-state index is 0.0203. The maximum absolute atomic E-state index is 12.0. The van der Waals surface area contributed by atoms with Gasteiger partial charge in [-0.05, 0) is 40.8 Å². The smallest absolute Gasteiger partial charge is 0.261 e. The fourth-order valence-corrected chi connectivity index (χ4v) is 3.49. The number of amides is 1. The van der Waals surface area contributed by atoms with Gasteiger partial charge in [0.15, 0.2) is 0 Å². The number of nitrogens with zero attached hydrogens (tertiary/aromatic N) is 1. The normalized spacial score (nSPS) is 15.6. The van der Waals surface area contributed by atoms with Gasteiger partial charge in [-0.3, -0.25) is 9.78 Å². The van der Waals surface area contributed by atoms with Crippen LogP contribution in [0.15, 0.2) is 60.2 Å². The molecule has 0 spiro atoms. The summed E-state index contributed by atoms with van der Waals surface area (Å²) >= 11 is 1.44. The number of carbonyl (C=O) groups is 1. The standard InChI is InChI=1S/C19H16N2O2S/c22-19(18-4-2-8-24-18)21-12-16-10-15-9-13(5-6-17(15)23-16)14-3-1-7-20-11-14/h1-9,11,16H,10,12H2,(H,21,22). The van der Waals surface area contributed by atoms with Crippen LogP contribution >= 0.6 is 11.3 Å². The van der Waals surface area contributed by atoms with Gasteiger partial charge in [-0.1, -0.05) is 18.2 Å². The van der Waals surface area contributed by atoms with Crippen molar-refractivity contribution < 1.29 is 9.53 Å². The second-order valence-corrected chi connectivity index (χ2v) is 6.64. The van der Waals surface area contributed by atoms with Crippen molar-refractivity contribution in [2.24, 2.45) is 0 Å². The average Bonchev–Trinajstić information content (AvgIpc) is 3.29. The first-order valence-corrected chi connectivity index (χ1v) is 8.69. The molecule has 1 unspecified atom stereocenters. The molecule has 2 aromatic heterocycles. The van der Waals surface area contributed by atoms with Gasteiger partial charge in [0.2, 0.25) is 0 Å². The van der Waals surface area contributed by atoms with Crippen molar-refractivity contribution in [2.45, 2.75) is 12.5 Å². The maximum Gasteiger partial charge on any atom is 0.261 e. The number of nitrogens with one attached hydrogen (secondary N) is 1. The van der Waals surface area contributed by atoms with Crippen LogP contribution in [0.1, 0.15) is 15.2 Å². The van der Waals surface area contributed by atoms with E-state index in [0.717, 1.165) is 28.2 Å². The second kappa shape index (κ2) is 6.45. The Morgan fingerprint density at radius 2 is 2.21 bits per heavy atom. The number of hydrogen-bond acceptors (Lipinski definition) is 4. The third-order valence-corrected chi connectivity index (χ3v) is 4.90. The number of thiophene rings is 1. The highest BCUT2D eigenvalue weighted by Gasteiger charge is 2.24. The molecule has 0 radical (unpaired) electrons. The molecule has 120 valence electrons. The van der Waals surface area contributed by atoms with Crippen molar-refractivity contribution in [3.8, 4) is 16.9 Å². The Balaban J connectivity index is 1.42. The molecule has 24 heavy (non-hydrogen) atoms. The van der Waals surface area contributed by atoms with Crippen LogP contribution < -0.4 is 10.1 Å². The minimum atomic E-state index is -0.0411. The van der Waals surface area contributed by atoms with Crippen molar-refractivity contribution >= 4 is 17.2 Å². The molecule has 1 atom stereocenters. The molecule has 1 N–H and O–H groups in total. The molecule has 1 amide bonds. The number of fused-ring (bicyclic) bond motifs is 1. The van der Waals surface area contributed by atoms with Crippen molar-refractivity contribution in [1.82, 2.24) is 10.3 Å². The zero-order valence-electron chi connectivity index (χ0n) is 12.9. The summed E-state index contributed by atoms with van der Waals surface area (Å²) in [5.41, 5.74) is 3.40. The molecule has 1 aliphatic heterocycles. The zero-order chi connectivity index (χ0) is 16.4. The highest BCUT2D eigenvalue weighted by Crippen LogP contribution is 2.32. The molecule has 4 rings (SSSR count). The van der Waals surface area contributed by atoms with Crippen LogP contribution in [0.4, 0.5) is 0 Å². The van der Waals surface area contributed by atoms with Crippen LogP contribution in [-0.4, -0.2) is 23.5 Å². The number of aromatic nitrogens is 1. The van der Waals surface area contributed by atoms with Gasteiger partial charge in [0.25, 0.3) is 5.91 Å². The summed E-state index contributed by atoms with van der Waals surface area (Å²) in [6.07, 6.45) is 4.41. The highest BCUT2D eigenvalue weighted by molar-refractivity contribution is 7.12. The van der Waals surface area contributed by atoms with E-state index in [0.29, 0.717) is 6.54 Å². The predicted molar refractivity (Wildman–Crippen MR) is 94.4 cm³/mol. The Hall–Kier alpha value is -2.66. The second-order valence-electron chi connectivity index (χ2n) is 5.70. The highest BCUT2D eigenvalue weighted by atomic mass is 32.1. The Bertz CT molecular complexity index is 847. The van der Waals surface area contributed by atoms with Crippen LogP contribution in [0.25, 0.3) is 11.1 Å². The van der Waals surface area contributed by atoms with Crippen molar-refractivity contribution in [2.75, 3.05) is 6.54 Å². The topological polar surface area (TPSA) is 51.2 Å². The van der Waals surface area contributed by atoms with E-state index in [-0.39, 0.29) is 12.0 Å². The SMILES string of the molecule is O=C(NCC1Cc2cc(-c3cccnc3)ccc2O1)c1cccs1. The molecule has 0 saturated carbocycles. The first kappa shape index (κ1) is 14.9. The Morgan fingerprint density at radius 1 is 1.25 bits per heavy atom. The van der Waals surface area contributed by atoms with Crippen molar-refractivity contribution in [3.05, 3.63) is 70.7 Å². The van der Waals surface area contributed by atoms with E-state index < -0.39 is 0 Å². The van der Waals surface area contributed by atoms with Crippen molar-refractivity contribution in [1.29, 1.82) is 0 Å². The summed E-state index contributed by atoms with van der Waals surface area (Å²) in [5, 5.41) is 4.84. The van der Waals surface area contributed by atoms with E-state index in [1.165, 1.54) is 16.9 Å². The van der Waals surface area contributed by atoms with Gasteiger partial charge in [-0.2, -0.15) is 0 Å². The van der Waals surface area contributed by atoms with E-state index >= 15 is 0 Å². The van der Waals surface area contributed by atoms with Crippen LogP contribution in [0.5, 0.6) is 5.75 Å². The number of rotatable bonds is 4. The number of carbonyl (C=O) groups excluding carboxylic acids is 1. The van der Waals surface area contributed by atoms with Crippen LogP contribution in [0.3, 0.4) is 0 Å². The quantitative estimate of drug-likeness (QED) is 0.793. The monoisotopic (exact) mass is 336 g/mol. The van der Waals surface area contributed by atoms with Gasteiger partial charge in [-0.15, -0.1) is 11.3 Å². The lowest BCUT2D eigenvalue weighted by molar-refractivity contribution is 0.0937. The lowest BCUT2D eigenvalue weighted by Gasteiger charge is -2.11. The Morgan fingerprint density at radius 3 is 3.00 bits per heavy atom. The van der Waals surface area contributed by atoms with E-state index in [2.05, 4.69) is 16.4 Å². The molecular formula is C19H16N2O2S. The molecule has 5 heteroatoms. The van der Waals surface area contributed by atoms with Crippen LogP contribution in [0, 0.1) is 0 Å². The zero-order valence-corrected chi connectivity index (χ0v) is 13.8. The van der Waals surface area contributed by atoms with E-state index in [1.807, 2.05) is 48.0 Å². The number of pyridine rings is 1. The third-order valence-electron chi connectivity index (χ3n) is 4.03. The lowest BCUT2D eigenvalue weighted by atomic mass is 10.0. The number of ether oxygens (including phenoxy) is 1. The Labute approximate surface area is 144 Å². The van der Waals surface area contributed by atoms with Gasteiger partial charge in [0.1, 0.15) is 11.9 Å². The first-order chi connectivity index (χ1) is 11.8. The molecule has 0 fully saturated rings. The van der Waals surface area contributed by atoms with Gasteiger partial charge in [0.05, 0.1) is 11.4 Å². The molecule has 0 bridgehead atoms. The summed E-state index contributed by atoms with van der Waals surface area (Å²) in [7, 11) is 0. The first-order valence-electron chi connectivity index (χ1n) is 7.81. The molecule has 1 aliphatic rings. The van der Waals surface area contributed by atoms with Gasteiger partial charge in [0, 0.05) is 24.4 Å². The predicted octanol–water partition coefficient (Wildman–Crippen LogP) is 3.54. The van der Waals surface area contributed by atoms with Gasteiger partial charge < -0.3 is 10.1 Å². The largest absolute Gasteiger partial charge is 0.488 e. The van der Waals surface area contributed by atoms with E-state index in [4.69, 9.17) is 4.74 Å². The fourth-order valence-electron chi connectivity index (χ4n) is 2.85. The average molecular weight is 336 g/mol. The van der Waals surface area contributed by atoms with Gasteiger partial charge >= 0.3 is 0 Å². The molecule has 3 heterocycles. The molecular weight excluding hydrogens is 320 g/mol. The van der Waals surface area contributed by atoms with E-state index in [1.54, 1.807) is 6.20 Å². The number of benzene rings is 1. The summed E-state index contributed by atoms with van der Waals surface area (Å²) in [5.74, 6) is 0.860. The lowest BCUT2D eigenvalue weighted by Crippen LogP contribution is -2.34.